The summed E-state index contributed by atoms with van der Waals surface area (Å²) in [6.07, 6.45) is 5.49. The third-order valence-electron chi connectivity index (χ3n) is 6.21. The second kappa shape index (κ2) is 8.05. The van der Waals surface area contributed by atoms with Gasteiger partial charge in [0.2, 0.25) is 5.88 Å². The van der Waals surface area contributed by atoms with Crippen LogP contribution in [0.1, 0.15) is 31.2 Å². The molecule has 28 heavy (non-hydrogen) atoms. The van der Waals surface area contributed by atoms with Crippen molar-refractivity contribution in [2.24, 2.45) is 0 Å². The Morgan fingerprint density at radius 2 is 2.07 bits per heavy atom. The molecule has 2 fully saturated rings. The molecule has 0 N–H and O–H groups in total. The van der Waals surface area contributed by atoms with Crippen molar-refractivity contribution in [1.29, 1.82) is 0 Å². The van der Waals surface area contributed by atoms with E-state index >= 15 is 0 Å². The van der Waals surface area contributed by atoms with Gasteiger partial charge in [0.05, 0.1) is 12.7 Å². The van der Waals surface area contributed by atoms with Crippen molar-refractivity contribution in [3.8, 4) is 11.6 Å². The molecule has 1 aliphatic heterocycles. The lowest BCUT2D eigenvalue weighted by Gasteiger charge is -2.43. The lowest BCUT2D eigenvalue weighted by atomic mass is 9.79. The average Bonchev–Trinajstić information content (AvgIpc) is 3.09. The van der Waals surface area contributed by atoms with Crippen molar-refractivity contribution < 1.29 is 18.6 Å². The standard InChI is InChI=1S/C22H27FN2O3/c1-26-18-7-5-6-16(21(18)23)15-25-13-11-22(27-2)10-9-17(14-19(22)25)28-20-8-3-4-12-24-20/h3-8,12,17,19H,9-11,13-15H2,1-2H3/t17-,19+,22-/m1/s1. The Bertz CT molecular complexity index is 804. The highest BCUT2D eigenvalue weighted by molar-refractivity contribution is 5.31. The summed E-state index contributed by atoms with van der Waals surface area (Å²) >= 11 is 0. The lowest BCUT2D eigenvalue weighted by Crippen LogP contribution is -2.52. The maximum absolute atomic E-state index is 14.7. The zero-order chi connectivity index (χ0) is 19.6. The molecule has 0 unspecified atom stereocenters. The van der Waals surface area contributed by atoms with E-state index in [4.69, 9.17) is 14.2 Å². The minimum absolute atomic E-state index is 0.0823. The third kappa shape index (κ3) is 3.59. The van der Waals surface area contributed by atoms with Crippen LogP contribution in [0.5, 0.6) is 11.6 Å². The number of aromatic nitrogens is 1. The van der Waals surface area contributed by atoms with Gasteiger partial charge in [-0.1, -0.05) is 18.2 Å². The second-order valence-corrected chi connectivity index (χ2v) is 7.62. The van der Waals surface area contributed by atoms with Gasteiger partial charge in [-0.25, -0.2) is 9.37 Å². The Morgan fingerprint density at radius 1 is 1.18 bits per heavy atom. The number of ether oxygens (including phenoxy) is 3. The van der Waals surface area contributed by atoms with Crippen LogP contribution in [0, 0.1) is 5.82 Å². The Labute approximate surface area is 165 Å². The van der Waals surface area contributed by atoms with Gasteiger partial charge in [0.25, 0.3) is 0 Å². The van der Waals surface area contributed by atoms with Crippen molar-refractivity contribution in [3.05, 3.63) is 54.0 Å². The maximum Gasteiger partial charge on any atom is 0.213 e. The van der Waals surface area contributed by atoms with Crippen LogP contribution < -0.4 is 9.47 Å². The van der Waals surface area contributed by atoms with Gasteiger partial charge in [0.1, 0.15) is 6.10 Å². The van der Waals surface area contributed by atoms with E-state index in [0.29, 0.717) is 18.0 Å². The summed E-state index contributed by atoms with van der Waals surface area (Å²) in [5.41, 5.74) is 0.471. The first kappa shape index (κ1) is 19.2. The van der Waals surface area contributed by atoms with Gasteiger partial charge in [-0.2, -0.15) is 0 Å². The van der Waals surface area contributed by atoms with Gasteiger partial charge in [0, 0.05) is 50.5 Å². The summed E-state index contributed by atoms with van der Waals surface area (Å²) in [5, 5.41) is 0. The Hall–Kier alpha value is -2.18. The van der Waals surface area contributed by atoms with E-state index in [2.05, 4.69) is 9.88 Å². The molecule has 3 atom stereocenters. The number of hydrogen-bond acceptors (Lipinski definition) is 5. The highest BCUT2D eigenvalue weighted by Crippen LogP contribution is 2.44. The summed E-state index contributed by atoms with van der Waals surface area (Å²) < 4.78 is 31.9. The summed E-state index contributed by atoms with van der Waals surface area (Å²) in [4.78, 5) is 6.61. The van der Waals surface area contributed by atoms with E-state index in [1.807, 2.05) is 30.3 Å². The van der Waals surface area contributed by atoms with E-state index in [9.17, 15) is 4.39 Å². The first-order valence-corrected chi connectivity index (χ1v) is 9.83. The molecule has 2 aliphatic rings. The van der Waals surface area contributed by atoms with E-state index in [1.54, 1.807) is 19.4 Å². The smallest absolute Gasteiger partial charge is 0.213 e. The van der Waals surface area contributed by atoms with E-state index in [-0.39, 0.29) is 29.3 Å². The molecule has 0 spiro atoms. The molecule has 0 radical (unpaired) electrons. The van der Waals surface area contributed by atoms with Gasteiger partial charge in [-0.05, 0) is 31.4 Å². The number of rotatable bonds is 6. The molecule has 1 aromatic heterocycles. The van der Waals surface area contributed by atoms with Crippen molar-refractivity contribution in [2.45, 2.75) is 50.0 Å². The van der Waals surface area contributed by atoms with Crippen molar-refractivity contribution in [3.63, 3.8) is 0 Å². The van der Waals surface area contributed by atoms with Crippen LogP contribution in [-0.2, 0) is 11.3 Å². The first-order valence-electron chi connectivity index (χ1n) is 9.83. The highest BCUT2D eigenvalue weighted by Gasteiger charge is 2.51. The van der Waals surface area contributed by atoms with Crippen LogP contribution in [0.3, 0.4) is 0 Å². The Balaban J connectivity index is 1.51. The van der Waals surface area contributed by atoms with Crippen LogP contribution in [-0.4, -0.2) is 48.4 Å². The molecule has 0 amide bonds. The number of halogens is 1. The van der Waals surface area contributed by atoms with Crippen LogP contribution in [0.4, 0.5) is 4.39 Å². The normalized spacial score (nSPS) is 27.4. The van der Waals surface area contributed by atoms with E-state index in [1.165, 1.54) is 7.11 Å². The van der Waals surface area contributed by atoms with Crippen LogP contribution >= 0.6 is 0 Å². The molecule has 4 rings (SSSR count). The topological polar surface area (TPSA) is 43.8 Å². The number of nitrogens with zero attached hydrogens (tertiary/aromatic N) is 2. The Kier molecular flexibility index (Phi) is 5.51. The minimum Gasteiger partial charge on any atom is -0.494 e. The number of hydrogen-bond donors (Lipinski definition) is 0. The predicted molar refractivity (Wildman–Crippen MR) is 104 cm³/mol. The van der Waals surface area contributed by atoms with Crippen LogP contribution in [0.2, 0.25) is 0 Å². The van der Waals surface area contributed by atoms with Gasteiger partial charge in [-0.15, -0.1) is 0 Å². The maximum atomic E-state index is 14.7. The van der Waals surface area contributed by atoms with Gasteiger partial charge < -0.3 is 14.2 Å². The fraction of sp³-hybridized carbons (Fsp3) is 0.500. The van der Waals surface area contributed by atoms with Crippen molar-refractivity contribution >= 4 is 0 Å². The predicted octanol–water partition coefficient (Wildman–Crippen LogP) is 3.82. The van der Waals surface area contributed by atoms with Crippen LogP contribution in [0.15, 0.2) is 42.6 Å². The summed E-state index contributed by atoms with van der Waals surface area (Å²) in [5.74, 6) is 0.660. The fourth-order valence-corrected chi connectivity index (χ4v) is 4.69. The summed E-state index contributed by atoms with van der Waals surface area (Å²) in [7, 11) is 3.29. The van der Waals surface area contributed by atoms with Crippen molar-refractivity contribution in [2.75, 3.05) is 20.8 Å². The number of likely N-dealkylation sites (tertiary alicyclic amines) is 1. The highest BCUT2D eigenvalue weighted by atomic mass is 19.1. The third-order valence-corrected chi connectivity index (χ3v) is 6.21. The molecular formula is C22H27FN2O3. The van der Waals surface area contributed by atoms with Crippen molar-refractivity contribution in [1.82, 2.24) is 9.88 Å². The number of methoxy groups -OCH3 is 2. The second-order valence-electron chi connectivity index (χ2n) is 7.62. The fourth-order valence-electron chi connectivity index (χ4n) is 4.69. The molecule has 1 saturated heterocycles. The molecular weight excluding hydrogens is 359 g/mol. The monoisotopic (exact) mass is 386 g/mol. The van der Waals surface area contributed by atoms with E-state index in [0.717, 1.165) is 32.2 Å². The number of benzene rings is 1. The SMILES string of the molecule is COc1cccc(CN2CC[C@]3(OC)CC[C@@H](Oc4ccccn4)C[C@H]23)c1F. The molecule has 2 heterocycles. The van der Waals surface area contributed by atoms with Gasteiger partial charge in [0.15, 0.2) is 11.6 Å². The molecule has 5 nitrogen and oxygen atoms in total. The molecule has 1 saturated carbocycles. The first-order chi connectivity index (χ1) is 13.6. The summed E-state index contributed by atoms with van der Waals surface area (Å²) in [6.45, 7) is 1.42. The minimum atomic E-state index is -0.281. The molecule has 150 valence electrons. The van der Waals surface area contributed by atoms with E-state index < -0.39 is 0 Å². The zero-order valence-corrected chi connectivity index (χ0v) is 16.4. The van der Waals surface area contributed by atoms with Crippen LogP contribution in [0.25, 0.3) is 0 Å². The number of fused-ring (bicyclic) bond motifs is 1. The summed E-state index contributed by atoms with van der Waals surface area (Å²) in [6, 6.07) is 11.2. The van der Waals surface area contributed by atoms with Gasteiger partial charge in [-0.3, -0.25) is 4.90 Å². The molecule has 0 bridgehead atoms. The Morgan fingerprint density at radius 3 is 2.82 bits per heavy atom. The molecule has 6 heteroatoms. The molecule has 1 aliphatic carbocycles. The largest absolute Gasteiger partial charge is 0.494 e. The molecule has 1 aromatic carbocycles. The zero-order valence-electron chi connectivity index (χ0n) is 16.4. The average molecular weight is 386 g/mol. The van der Waals surface area contributed by atoms with Gasteiger partial charge >= 0.3 is 0 Å². The quantitative estimate of drug-likeness (QED) is 0.755. The molecule has 2 aromatic rings. The lowest BCUT2D eigenvalue weighted by molar-refractivity contribution is -0.0844. The number of pyridine rings is 1.